The summed E-state index contributed by atoms with van der Waals surface area (Å²) in [7, 11) is 0. The summed E-state index contributed by atoms with van der Waals surface area (Å²) >= 11 is 6.52. The van der Waals surface area contributed by atoms with Gasteiger partial charge in [0.1, 0.15) is 5.15 Å². The van der Waals surface area contributed by atoms with Crippen LogP contribution < -0.4 is 0 Å². The molecule has 0 saturated heterocycles. The second kappa shape index (κ2) is 5.55. The highest BCUT2D eigenvalue weighted by Gasteiger charge is 2.16. The summed E-state index contributed by atoms with van der Waals surface area (Å²) in [6, 6.07) is 14.5. The molecule has 3 rings (SSSR count). The van der Waals surface area contributed by atoms with Gasteiger partial charge in [-0.3, -0.25) is 0 Å². The van der Waals surface area contributed by atoms with Crippen molar-refractivity contribution in [2.24, 2.45) is 0 Å². The summed E-state index contributed by atoms with van der Waals surface area (Å²) in [5, 5.41) is 11.3. The van der Waals surface area contributed by atoms with Crippen LogP contribution in [0.4, 0.5) is 0 Å². The van der Waals surface area contributed by atoms with Gasteiger partial charge in [0.15, 0.2) is 0 Å². The van der Waals surface area contributed by atoms with Crippen molar-refractivity contribution in [3.63, 3.8) is 0 Å². The summed E-state index contributed by atoms with van der Waals surface area (Å²) in [6.45, 7) is 4.83. The number of aliphatic hydroxyl groups excluding tert-OH is 1. The van der Waals surface area contributed by atoms with Crippen molar-refractivity contribution in [3.8, 4) is 0 Å². The predicted molar refractivity (Wildman–Crippen MR) is 87.9 cm³/mol. The summed E-state index contributed by atoms with van der Waals surface area (Å²) in [4.78, 5) is 0. The second-order valence-corrected chi connectivity index (χ2v) is 5.83. The van der Waals surface area contributed by atoms with Crippen LogP contribution in [0.15, 0.2) is 42.5 Å². The van der Waals surface area contributed by atoms with Gasteiger partial charge in [-0.05, 0) is 25.0 Å². The van der Waals surface area contributed by atoms with E-state index >= 15 is 0 Å². The van der Waals surface area contributed by atoms with E-state index in [4.69, 9.17) is 11.6 Å². The third-order valence-corrected chi connectivity index (χ3v) is 4.33. The zero-order valence-corrected chi connectivity index (χ0v) is 13.0. The van der Waals surface area contributed by atoms with E-state index in [1.807, 2.05) is 12.1 Å². The molecule has 1 N–H and O–H groups in total. The number of nitrogens with zero attached hydrogens (tertiary/aromatic N) is 1. The van der Waals surface area contributed by atoms with Gasteiger partial charge in [-0.1, -0.05) is 59.6 Å². The van der Waals surface area contributed by atoms with E-state index in [0.717, 1.165) is 16.5 Å². The molecule has 1 aromatic heterocycles. The molecule has 3 heteroatoms. The molecule has 0 bridgehead atoms. The van der Waals surface area contributed by atoms with Crippen LogP contribution in [0.25, 0.3) is 10.9 Å². The first kappa shape index (κ1) is 14.2. The molecule has 0 radical (unpaired) electrons. The van der Waals surface area contributed by atoms with Crippen LogP contribution in [0.5, 0.6) is 0 Å². The zero-order chi connectivity index (χ0) is 15.0. The molecule has 0 aliphatic heterocycles. The van der Waals surface area contributed by atoms with Crippen LogP contribution in [-0.2, 0) is 13.2 Å². The number of aryl methyl sites for hydroxylation is 2. The molecule has 1 heterocycles. The van der Waals surface area contributed by atoms with Crippen molar-refractivity contribution in [3.05, 3.63) is 69.9 Å². The molecule has 0 aliphatic rings. The molecule has 0 saturated carbocycles. The quantitative estimate of drug-likeness (QED) is 0.759. The summed E-state index contributed by atoms with van der Waals surface area (Å²) < 4.78 is 2.09. The average Bonchev–Trinajstić information content (AvgIpc) is 2.72. The minimum absolute atomic E-state index is 0.0421. The molecule has 2 aromatic carbocycles. The number of aromatic nitrogens is 1. The Balaban J connectivity index is 2.20. The Morgan fingerprint density at radius 2 is 1.86 bits per heavy atom. The van der Waals surface area contributed by atoms with Crippen LogP contribution >= 0.6 is 11.6 Å². The van der Waals surface area contributed by atoms with Crippen LogP contribution in [-0.4, -0.2) is 9.67 Å². The Morgan fingerprint density at radius 3 is 2.57 bits per heavy atom. The third-order valence-electron chi connectivity index (χ3n) is 3.90. The summed E-state index contributed by atoms with van der Waals surface area (Å²) in [5.74, 6) is 0. The van der Waals surface area contributed by atoms with Gasteiger partial charge in [-0.2, -0.15) is 0 Å². The fourth-order valence-electron chi connectivity index (χ4n) is 2.92. The first-order valence-electron chi connectivity index (χ1n) is 7.04. The average molecular weight is 300 g/mol. The van der Waals surface area contributed by atoms with E-state index in [-0.39, 0.29) is 6.61 Å². The number of benzene rings is 2. The maximum atomic E-state index is 9.63. The van der Waals surface area contributed by atoms with E-state index < -0.39 is 0 Å². The topological polar surface area (TPSA) is 25.2 Å². The SMILES string of the molecule is Cc1cccc(Cn2c(Cl)c(CO)c3cccc(C)c32)c1. The van der Waals surface area contributed by atoms with Gasteiger partial charge in [0, 0.05) is 17.5 Å². The molecule has 108 valence electrons. The lowest BCUT2D eigenvalue weighted by Gasteiger charge is -2.10. The smallest absolute Gasteiger partial charge is 0.115 e. The first-order chi connectivity index (χ1) is 10.1. The van der Waals surface area contributed by atoms with Gasteiger partial charge < -0.3 is 9.67 Å². The van der Waals surface area contributed by atoms with Gasteiger partial charge in [0.25, 0.3) is 0 Å². The summed E-state index contributed by atoms with van der Waals surface area (Å²) in [6.07, 6.45) is 0. The van der Waals surface area contributed by atoms with Crippen molar-refractivity contribution in [1.29, 1.82) is 0 Å². The van der Waals surface area contributed by atoms with Crippen molar-refractivity contribution < 1.29 is 5.11 Å². The number of rotatable bonds is 3. The van der Waals surface area contributed by atoms with Gasteiger partial charge in [0.2, 0.25) is 0 Å². The molecule has 2 nitrogen and oxygen atoms in total. The normalized spacial score (nSPS) is 11.2. The van der Waals surface area contributed by atoms with Crippen molar-refractivity contribution in [2.45, 2.75) is 27.0 Å². The van der Waals surface area contributed by atoms with Crippen molar-refractivity contribution in [1.82, 2.24) is 4.57 Å². The molecule has 0 aliphatic carbocycles. The number of aliphatic hydroxyl groups is 1. The number of hydrogen-bond acceptors (Lipinski definition) is 1. The highest BCUT2D eigenvalue weighted by atomic mass is 35.5. The van der Waals surface area contributed by atoms with E-state index in [1.54, 1.807) is 0 Å². The Hall–Kier alpha value is -1.77. The van der Waals surface area contributed by atoms with E-state index in [1.165, 1.54) is 16.7 Å². The number of para-hydroxylation sites is 1. The highest BCUT2D eigenvalue weighted by Crippen LogP contribution is 2.32. The van der Waals surface area contributed by atoms with Crippen LogP contribution in [0.1, 0.15) is 22.3 Å². The number of hydrogen-bond donors (Lipinski definition) is 1. The minimum atomic E-state index is -0.0421. The number of fused-ring (bicyclic) bond motifs is 1. The molecule has 0 atom stereocenters. The van der Waals surface area contributed by atoms with Crippen molar-refractivity contribution in [2.75, 3.05) is 0 Å². The Kier molecular flexibility index (Phi) is 3.75. The third kappa shape index (κ3) is 2.45. The molecule has 0 spiro atoms. The monoisotopic (exact) mass is 299 g/mol. The van der Waals surface area contributed by atoms with Crippen LogP contribution in [0.2, 0.25) is 5.15 Å². The van der Waals surface area contributed by atoms with E-state index in [2.05, 4.69) is 48.7 Å². The lowest BCUT2D eigenvalue weighted by Crippen LogP contribution is -2.01. The predicted octanol–water partition coefficient (Wildman–Crippen LogP) is 4.45. The standard InChI is InChI=1S/C18H18ClNO/c1-12-5-3-7-14(9-12)10-20-17-13(2)6-4-8-15(17)16(11-21)18(20)19/h3-9,21H,10-11H2,1-2H3. The Morgan fingerprint density at radius 1 is 1.10 bits per heavy atom. The minimum Gasteiger partial charge on any atom is -0.392 e. The second-order valence-electron chi connectivity index (χ2n) is 5.47. The Labute approximate surface area is 129 Å². The number of halogens is 1. The molecule has 21 heavy (non-hydrogen) atoms. The van der Waals surface area contributed by atoms with Gasteiger partial charge in [-0.15, -0.1) is 0 Å². The maximum absolute atomic E-state index is 9.63. The molecule has 0 amide bonds. The maximum Gasteiger partial charge on any atom is 0.115 e. The summed E-state index contributed by atoms with van der Waals surface area (Å²) in [5.41, 5.74) is 5.53. The van der Waals surface area contributed by atoms with Gasteiger partial charge >= 0.3 is 0 Å². The first-order valence-corrected chi connectivity index (χ1v) is 7.42. The van der Waals surface area contributed by atoms with E-state index in [9.17, 15) is 5.11 Å². The Bertz CT molecular complexity index is 804. The molecule has 3 aromatic rings. The molecular formula is C18H18ClNO. The van der Waals surface area contributed by atoms with Crippen molar-refractivity contribution >= 4 is 22.5 Å². The van der Waals surface area contributed by atoms with Gasteiger partial charge in [-0.25, -0.2) is 0 Å². The fourth-order valence-corrected chi connectivity index (χ4v) is 3.23. The lowest BCUT2D eigenvalue weighted by atomic mass is 10.1. The molecular weight excluding hydrogens is 282 g/mol. The lowest BCUT2D eigenvalue weighted by molar-refractivity contribution is 0.283. The van der Waals surface area contributed by atoms with Gasteiger partial charge in [0.05, 0.1) is 12.1 Å². The fraction of sp³-hybridized carbons (Fsp3) is 0.222. The molecule has 0 unspecified atom stereocenters. The zero-order valence-electron chi connectivity index (χ0n) is 12.2. The van der Waals surface area contributed by atoms with E-state index in [0.29, 0.717) is 11.7 Å². The largest absolute Gasteiger partial charge is 0.392 e. The van der Waals surface area contributed by atoms with Crippen LogP contribution in [0.3, 0.4) is 0 Å². The highest BCUT2D eigenvalue weighted by molar-refractivity contribution is 6.32. The molecule has 0 fully saturated rings. The van der Waals surface area contributed by atoms with Crippen LogP contribution in [0, 0.1) is 13.8 Å².